The van der Waals surface area contributed by atoms with Crippen LogP contribution in [0.4, 0.5) is 0 Å². The van der Waals surface area contributed by atoms with Crippen molar-refractivity contribution in [1.29, 1.82) is 0 Å². The maximum atomic E-state index is 10.6. The van der Waals surface area contributed by atoms with Gasteiger partial charge in [-0.05, 0) is 23.4 Å². The van der Waals surface area contributed by atoms with E-state index in [1.807, 2.05) is 24.3 Å². The molecule has 0 bridgehead atoms. The quantitative estimate of drug-likeness (QED) is 0.614. The summed E-state index contributed by atoms with van der Waals surface area (Å²) in [7, 11) is 0. The zero-order valence-electron chi connectivity index (χ0n) is 8.69. The summed E-state index contributed by atoms with van der Waals surface area (Å²) < 4.78 is 0. The van der Waals surface area contributed by atoms with Crippen molar-refractivity contribution in [3.8, 4) is 0 Å². The zero-order chi connectivity index (χ0) is 11.3. The van der Waals surface area contributed by atoms with Gasteiger partial charge < -0.3 is 5.11 Å². The van der Waals surface area contributed by atoms with E-state index in [2.05, 4.69) is 13.5 Å². The van der Waals surface area contributed by atoms with Crippen molar-refractivity contribution in [2.75, 3.05) is 5.75 Å². The third kappa shape index (κ3) is 3.80. The summed E-state index contributed by atoms with van der Waals surface area (Å²) >= 11 is 1.77. The lowest BCUT2D eigenvalue weighted by molar-refractivity contribution is -0.132. The van der Waals surface area contributed by atoms with Crippen LogP contribution in [0.3, 0.4) is 0 Å². The minimum Gasteiger partial charge on any atom is -0.478 e. The van der Waals surface area contributed by atoms with Gasteiger partial charge in [0.2, 0.25) is 0 Å². The fourth-order valence-corrected chi connectivity index (χ4v) is 1.85. The zero-order valence-corrected chi connectivity index (χ0v) is 9.51. The summed E-state index contributed by atoms with van der Waals surface area (Å²) in [5.41, 5.74) is 1.22. The van der Waals surface area contributed by atoms with Crippen LogP contribution in [-0.2, 0) is 11.2 Å². The topological polar surface area (TPSA) is 37.3 Å². The van der Waals surface area contributed by atoms with E-state index in [0.29, 0.717) is 6.42 Å². The predicted octanol–water partition coefficient (Wildman–Crippen LogP) is 2.98. The van der Waals surface area contributed by atoms with Crippen molar-refractivity contribution in [2.24, 2.45) is 0 Å². The molecule has 0 fully saturated rings. The van der Waals surface area contributed by atoms with Crippen LogP contribution in [0.1, 0.15) is 12.5 Å². The Labute approximate surface area is 94.0 Å². The van der Waals surface area contributed by atoms with Gasteiger partial charge in [-0.25, -0.2) is 4.79 Å². The van der Waals surface area contributed by atoms with Gasteiger partial charge >= 0.3 is 5.97 Å². The first-order valence-electron chi connectivity index (χ1n) is 4.76. The van der Waals surface area contributed by atoms with E-state index in [-0.39, 0.29) is 5.57 Å². The average molecular weight is 222 g/mol. The number of hydrogen-bond donors (Lipinski definition) is 1. The fourth-order valence-electron chi connectivity index (χ4n) is 1.19. The lowest BCUT2D eigenvalue weighted by Gasteiger charge is -2.02. The second-order valence-corrected chi connectivity index (χ2v) is 4.50. The maximum Gasteiger partial charge on any atom is 0.331 e. The van der Waals surface area contributed by atoms with Gasteiger partial charge in [-0.3, -0.25) is 0 Å². The number of hydrogen-bond acceptors (Lipinski definition) is 2. The van der Waals surface area contributed by atoms with Gasteiger partial charge in [0.15, 0.2) is 0 Å². The summed E-state index contributed by atoms with van der Waals surface area (Å²) in [6.07, 6.45) is 0.409. The molecule has 1 rings (SSSR count). The Bertz CT molecular complexity index is 354. The smallest absolute Gasteiger partial charge is 0.331 e. The lowest BCUT2D eigenvalue weighted by Crippen LogP contribution is -2.01. The third-order valence-electron chi connectivity index (χ3n) is 1.95. The molecule has 1 aromatic rings. The van der Waals surface area contributed by atoms with Gasteiger partial charge in [0, 0.05) is 16.9 Å². The monoisotopic (exact) mass is 222 g/mol. The Morgan fingerprint density at radius 3 is 2.47 bits per heavy atom. The van der Waals surface area contributed by atoms with Crippen LogP contribution in [-0.4, -0.2) is 16.8 Å². The van der Waals surface area contributed by atoms with Crippen molar-refractivity contribution < 1.29 is 9.90 Å². The molecule has 0 saturated heterocycles. The number of carboxylic acids is 1. The molecule has 0 aliphatic heterocycles. The highest BCUT2D eigenvalue weighted by Crippen LogP contribution is 2.18. The van der Waals surface area contributed by atoms with E-state index >= 15 is 0 Å². The van der Waals surface area contributed by atoms with E-state index in [1.165, 1.54) is 4.90 Å². The van der Waals surface area contributed by atoms with Gasteiger partial charge in [0.1, 0.15) is 0 Å². The van der Waals surface area contributed by atoms with E-state index in [4.69, 9.17) is 5.11 Å². The molecular weight excluding hydrogens is 208 g/mol. The SMILES string of the molecule is C=C(Cc1ccc(SCC)cc1)C(=O)O. The van der Waals surface area contributed by atoms with Crippen LogP contribution in [0, 0.1) is 0 Å². The summed E-state index contributed by atoms with van der Waals surface area (Å²) in [6.45, 7) is 5.61. The molecule has 0 saturated carbocycles. The normalized spacial score (nSPS) is 9.93. The molecule has 1 N–H and O–H groups in total. The molecule has 0 atom stereocenters. The molecule has 3 heteroatoms. The molecule has 0 aliphatic rings. The number of carbonyl (C=O) groups is 1. The first kappa shape index (κ1) is 11.9. The molecule has 1 aromatic carbocycles. The second-order valence-electron chi connectivity index (χ2n) is 3.16. The highest BCUT2D eigenvalue weighted by atomic mass is 32.2. The van der Waals surface area contributed by atoms with Crippen LogP contribution in [0.5, 0.6) is 0 Å². The molecule has 0 unspecified atom stereocenters. The largest absolute Gasteiger partial charge is 0.478 e. The van der Waals surface area contributed by atoms with E-state index in [0.717, 1.165) is 11.3 Å². The first-order chi connectivity index (χ1) is 7.13. The van der Waals surface area contributed by atoms with Crippen molar-refractivity contribution in [3.05, 3.63) is 42.0 Å². The predicted molar refractivity (Wildman–Crippen MR) is 63.3 cm³/mol. The maximum absolute atomic E-state index is 10.6. The number of thioether (sulfide) groups is 1. The van der Waals surface area contributed by atoms with Crippen molar-refractivity contribution in [3.63, 3.8) is 0 Å². The number of benzene rings is 1. The Morgan fingerprint density at radius 2 is 2.00 bits per heavy atom. The average Bonchev–Trinajstić information content (AvgIpc) is 2.21. The van der Waals surface area contributed by atoms with E-state index < -0.39 is 5.97 Å². The van der Waals surface area contributed by atoms with Crippen LogP contribution in [0.2, 0.25) is 0 Å². The highest BCUT2D eigenvalue weighted by Gasteiger charge is 2.04. The van der Waals surface area contributed by atoms with Gasteiger partial charge in [0.25, 0.3) is 0 Å². The molecule has 0 spiro atoms. The van der Waals surface area contributed by atoms with Crippen molar-refractivity contribution >= 4 is 17.7 Å². The standard InChI is InChI=1S/C12H14O2S/c1-3-15-11-6-4-10(5-7-11)8-9(2)12(13)14/h4-7H,2-3,8H2,1H3,(H,13,14). The van der Waals surface area contributed by atoms with Crippen molar-refractivity contribution in [2.45, 2.75) is 18.2 Å². The van der Waals surface area contributed by atoms with Crippen LogP contribution < -0.4 is 0 Å². The Hall–Kier alpha value is -1.22. The Morgan fingerprint density at radius 1 is 1.40 bits per heavy atom. The van der Waals surface area contributed by atoms with Gasteiger partial charge in [-0.15, -0.1) is 11.8 Å². The van der Waals surface area contributed by atoms with Crippen molar-refractivity contribution in [1.82, 2.24) is 0 Å². The molecule has 2 nitrogen and oxygen atoms in total. The molecular formula is C12H14O2S. The number of carboxylic acid groups (broad SMARTS) is 1. The number of aliphatic carboxylic acids is 1. The molecule has 80 valence electrons. The third-order valence-corrected chi connectivity index (χ3v) is 2.85. The first-order valence-corrected chi connectivity index (χ1v) is 5.75. The fraction of sp³-hybridized carbons (Fsp3) is 0.250. The summed E-state index contributed by atoms with van der Waals surface area (Å²) in [5, 5.41) is 8.68. The van der Waals surface area contributed by atoms with E-state index in [1.54, 1.807) is 11.8 Å². The summed E-state index contributed by atoms with van der Waals surface area (Å²) in [6, 6.07) is 7.93. The van der Waals surface area contributed by atoms with E-state index in [9.17, 15) is 4.79 Å². The van der Waals surface area contributed by atoms with Crippen LogP contribution in [0.15, 0.2) is 41.3 Å². The van der Waals surface area contributed by atoms with Gasteiger partial charge in [-0.1, -0.05) is 25.6 Å². The molecule has 0 aliphatic carbocycles. The minimum absolute atomic E-state index is 0.228. The Balaban J connectivity index is 2.64. The summed E-state index contributed by atoms with van der Waals surface area (Å²) in [4.78, 5) is 11.8. The molecule has 0 heterocycles. The highest BCUT2D eigenvalue weighted by molar-refractivity contribution is 7.99. The van der Waals surface area contributed by atoms with Crippen LogP contribution in [0.25, 0.3) is 0 Å². The second kappa shape index (κ2) is 5.61. The molecule has 0 amide bonds. The van der Waals surface area contributed by atoms with Gasteiger partial charge in [-0.2, -0.15) is 0 Å². The molecule has 0 radical (unpaired) electrons. The molecule has 15 heavy (non-hydrogen) atoms. The van der Waals surface area contributed by atoms with Crippen LogP contribution >= 0.6 is 11.8 Å². The number of rotatable bonds is 5. The minimum atomic E-state index is -0.929. The Kier molecular flexibility index (Phi) is 4.43. The summed E-state index contributed by atoms with van der Waals surface area (Å²) in [5.74, 6) is 0.114. The molecule has 0 aromatic heterocycles. The van der Waals surface area contributed by atoms with Gasteiger partial charge in [0.05, 0.1) is 0 Å². The lowest BCUT2D eigenvalue weighted by atomic mass is 10.1.